The Kier molecular flexibility index (Phi) is 6.80. The van der Waals surface area contributed by atoms with E-state index in [1.807, 2.05) is 6.20 Å². The summed E-state index contributed by atoms with van der Waals surface area (Å²) in [6, 6.07) is 45.8. The summed E-state index contributed by atoms with van der Waals surface area (Å²) in [6.07, 6.45) is 4.16. The van der Waals surface area contributed by atoms with Gasteiger partial charge in [0.05, 0.1) is 16.6 Å². The van der Waals surface area contributed by atoms with Gasteiger partial charge in [-0.05, 0) is 99.0 Å². The van der Waals surface area contributed by atoms with Crippen molar-refractivity contribution in [1.82, 2.24) is 18.7 Å². The fourth-order valence-corrected chi connectivity index (χ4v) is 7.46. The second-order valence-corrected chi connectivity index (χ2v) is 14.0. The Labute approximate surface area is 273 Å². The topological polar surface area (TPSA) is 27.7 Å². The summed E-state index contributed by atoms with van der Waals surface area (Å²) in [6.45, 7) is 8.91. The molecule has 3 heterocycles. The number of hydrogen-bond donors (Lipinski definition) is 0. The zero-order valence-electron chi connectivity index (χ0n) is 26.5. The summed E-state index contributed by atoms with van der Waals surface area (Å²) in [5.41, 5.74) is 9.51. The van der Waals surface area contributed by atoms with Gasteiger partial charge < -0.3 is 0 Å². The minimum atomic E-state index is -0.0284. The summed E-state index contributed by atoms with van der Waals surface area (Å²) in [4.78, 5) is 7.27. The summed E-state index contributed by atoms with van der Waals surface area (Å²) in [5.74, 6) is 0.919. The minimum absolute atomic E-state index is 0.0284. The summed E-state index contributed by atoms with van der Waals surface area (Å²) in [5, 5.41) is 2.45. The smallest absolute Gasteiger partial charge is 0.191 e. The van der Waals surface area contributed by atoms with Crippen LogP contribution in [0.5, 0.6) is 0 Å². The van der Waals surface area contributed by atoms with Gasteiger partial charge in [-0.1, -0.05) is 60.3 Å². The Morgan fingerprint density at radius 1 is 0.630 bits per heavy atom. The number of rotatable bonds is 5. The standard InChI is InChI=1S/C41H35N4S/c1-28-12-5-6-15-33(28)29-22-23-42-40(24-29)45-36-17-8-7-16-34(36)35-21-20-32(26-39(35)45)46-31-14-11-13-30(25-31)43-27-44(41(2,3)4)38-19-10-9-18-37(38)43/h5-27H,1-4H3/q+1. The second kappa shape index (κ2) is 11.0. The number of fused-ring (bicyclic) bond motifs is 4. The van der Waals surface area contributed by atoms with Crippen LogP contribution in [0.4, 0.5) is 0 Å². The Bertz CT molecular complexity index is 2410. The van der Waals surface area contributed by atoms with Crippen LogP contribution in [0, 0.1) is 6.92 Å². The Balaban J connectivity index is 1.22. The van der Waals surface area contributed by atoms with Gasteiger partial charge in [-0.25, -0.2) is 9.55 Å². The first-order valence-corrected chi connectivity index (χ1v) is 16.5. The molecule has 0 saturated heterocycles. The highest BCUT2D eigenvalue weighted by molar-refractivity contribution is 7.99. The Morgan fingerprint density at radius 2 is 1.35 bits per heavy atom. The third-order valence-corrected chi connectivity index (χ3v) is 9.74. The SMILES string of the molecule is Cc1ccccc1-c1ccnc(-n2c3ccccc3c3ccc(Sc4cccc(-n5[cH+]n(C(C)(C)C)c6ccccc65)c4)cc32)c1. The highest BCUT2D eigenvalue weighted by Gasteiger charge is 2.24. The normalized spacial score (nSPS) is 12.0. The molecule has 224 valence electrons. The van der Waals surface area contributed by atoms with E-state index in [1.165, 1.54) is 48.3 Å². The maximum absolute atomic E-state index is 4.89. The van der Waals surface area contributed by atoms with Gasteiger partial charge in [0.2, 0.25) is 0 Å². The lowest BCUT2D eigenvalue weighted by Gasteiger charge is -2.17. The predicted molar refractivity (Wildman–Crippen MR) is 194 cm³/mol. The number of aromatic nitrogens is 4. The first-order chi connectivity index (χ1) is 22.3. The van der Waals surface area contributed by atoms with E-state index in [9.17, 15) is 0 Å². The van der Waals surface area contributed by atoms with Gasteiger partial charge in [-0.2, -0.15) is 4.57 Å². The molecule has 8 rings (SSSR count). The van der Waals surface area contributed by atoms with Crippen molar-refractivity contribution in [2.45, 2.75) is 43.0 Å². The zero-order chi connectivity index (χ0) is 31.4. The van der Waals surface area contributed by atoms with Crippen molar-refractivity contribution in [3.63, 3.8) is 0 Å². The van der Waals surface area contributed by atoms with E-state index >= 15 is 0 Å². The maximum atomic E-state index is 4.89. The molecular formula is C41H35N4S+. The van der Waals surface area contributed by atoms with Crippen molar-refractivity contribution in [2.75, 3.05) is 0 Å². The molecule has 0 N–H and O–H groups in total. The van der Waals surface area contributed by atoms with Gasteiger partial charge in [0, 0.05) is 51.0 Å². The average Bonchev–Trinajstić information content (AvgIpc) is 3.62. The van der Waals surface area contributed by atoms with E-state index in [0.29, 0.717) is 0 Å². The third kappa shape index (κ3) is 4.88. The molecule has 0 spiro atoms. The van der Waals surface area contributed by atoms with E-state index in [-0.39, 0.29) is 5.54 Å². The molecule has 8 aromatic rings. The van der Waals surface area contributed by atoms with E-state index in [0.717, 1.165) is 22.5 Å². The van der Waals surface area contributed by atoms with Crippen molar-refractivity contribution in [3.8, 4) is 22.6 Å². The van der Waals surface area contributed by atoms with Crippen molar-refractivity contribution in [3.05, 3.63) is 145 Å². The molecule has 4 nitrogen and oxygen atoms in total. The summed E-state index contributed by atoms with van der Waals surface area (Å²) in [7, 11) is 0. The van der Waals surface area contributed by atoms with Crippen LogP contribution < -0.4 is 0 Å². The van der Waals surface area contributed by atoms with E-state index in [2.05, 4.69) is 175 Å². The molecule has 46 heavy (non-hydrogen) atoms. The van der Waals surface area contributed by atoms with Crippen LogP contribution in [-0.4, -0.2) is 18.7 Å². The fraction of sp³-hybridized carbons (Fsp3) is 0.122. The first kappa shape index (κ1) is 28.4. The first-order valence-electron chi connectivity index (χ1n) is 15.7. The van der Waals surface area contributed by atoms with Crippen LogP contribution >= 0.6 is 11.8 Å². The monoisotopic (exact) mass is 615 g/mol. The van der Waals surface area contributed by atoms with Crippen LogP contribution in [0.25, 0.3) is 55.5 Å². The van der Waals surface area contributed by atoms with Gasteiger partial charge in [-0.15, -0.1) is 0 Å². The molecule has 5 aromatic carbocycles. The van der Waals surface area contributed by atoms with Crippen LogP contribution in [0.2, 0.25) is 0 Å². The summed E-state index contributed by atoms with van der Waals surface area (Å²) >= 11 is 1.79. The number of benzene rings is 5. The minimum Gasteiger partial charge on any atom is -0.294 e. The Hall–Kier alpha value is -5.13. The van der Waals surface area contributed by atoms with Crippen molar-refractivity contribution in [1.29, 1.82) is 0 Å². The molecular weight excluding hydrogens is 581 g/mol. The van der Waals surface area contributed by atoms with Gasteiger partial charge in [0.1, 0.15) is 11.5 Å². The molecule has 0 aliphatic carbocycles. The molecule has 0 aliphatic rings. The molecule has 0 atom stereocenters. The number of hydrogen-bond acceptors (Lipinski definition) is 2. The number of pyridine rings is 1. The van der Waals surface area contributed by atoms with Crippen LogP contribution in [0.1, 0.15) is 26.3 Å². The lowest BCUT2D eigenvalue weighted by atomic mass is 10.0. The van der Waals surface area contributed by atoms with E-state index < -0.39 is 0 Å². The molecule has 0 unspecified atom stereocenters. The molecule has 5 heteroatoms. The van der Waals surface area contributed by atoms with Crippen LogP contribution in [0.3, 0.4) is 0 Å². The number of para-hydroxylation sites is 3. The number of nitrogens with zero attached hydrogens (tertiary/aromatic N) is 4. The number of imidazole rings is 1. The van der Waals surface area contributed by atoms with Gasteiger partial charge in [0.15, 0.2) is 17.4 Å². The maximum Gasteiger partial charge on any atom is 0.191 e. The van der Waals surface area contributed by atoms with E-state index in [1.54, 1.807) is 11.8 Å². The summed E-state index contributed by atoms with van der Waals surface area (Å²) < 4.78 is 6.97. The van der Waals surface area contributed by atoms with Crippen LogP contribution in [0.15, 0.2) is 150 Å². The molecule has 0 amide bonds. The van der Waals surface area contributed by atoms with Crippen molar-refractivity contribution < 1.29 is 0 Å². The lowest BCUT2D eigenvalue weighted by Crippen LogP contribution is -2.20. The van der Waals surface area contributed by atoms with Crippen molar-refractivity contribution >= 4 is 44.6 Å². The van der Waals surface area contributed by atoms with Gasteiger partial charge in [0.25, 0.3) is 0 Å². The molecule has 0 fully saturated rings. The average molecular weight is 616 g/mol. The third-order valence-electron chi connectivity index (χ3n) is 8.76. The van der Waals surface area contributed by atoms with E-state index in [4.69, 9.17) is 4.98 Å². The number of aryl methyl sites for hydroxylation is 1. The molecule has 0 radical (unpaired) electrons. The lowest BCUT2D eigenvalue weighted by molar-refractivity contribution is 0.406. The predicted octanol–water partition coefficient (Wildman–Crippen LogP) is 11.1. The quantitative estimate of drug-likeness (QED) is 0.180. The van der Waals surface area contributed by atoms with Gasteiger partial charge >= 0.3 is 0 Å². The second-order valence-electron chi connectivity index (χ2n) is 12.9. The Morgan fingerprint density at radius 3 is 2.17 bits per heavy atom. The molecule has 0 saturated carbocycles. The highest BCUT2D eigenvalue weighted by atomic mass is 32.2. The molecule has 0 bridgehead atoms. The van der Waals surface area contributed by atoms with Crippen molar-refractivity contribution in [2.24, 2.45) is 0 Å². The fourth-order valence-electron chi connectivity index (χ4n) is 6.55. The highest BCUT2D eigenvalue weighted by Crippen LogP contribution is 2.38. The zero-order valence-corrected chi connectivity index (χ0v) is 27.3. The largest absolute Gasteiger partial charge is 0.294 e. The van der Waals surface area contributed by atoms with Gasteiger partial charge in [-0.3, -0.25) is 4.57 Å². The molecule has 3 aromatic heterocycles. The van der Waals surface area contributed by atoms with Crippen LogP contribution in [-0.2, 0) is 5.54 Å². The molecule has 0 aliphatic heterocycles.